The van der Waals surface area contributed by atoms with Crippen LogP contribution in [0.15, 0.2) is 23.2 Å². The van der Waals surface area contributed by atoms with E-state index in [4.69, 9.17) is 0 Å². The zero-order valence-electron chi connectivity index (χ0n) is 13.4. The number of benzene rings is 1. The Morgan fingerprint density at radius 3 is 2.72 bits per heavy atom. The van der Waals surface area contributed by atoms with Crippen LogP contribution in [-0.2, 0) is 11.0 Å². The number of amides is 1. The number of rotatable bonds is 4. The number of hydrogen-bond donors (Lipinski definition) is 1. The van der Waals surface area contributed by atoms with Crippen LogP contribution in [0.25, 0.3) is 0 Å². The number of hydrogen-bond acceptors (Lipinski definition) is 5. The van der Waals surface area contributed by atoms with Crippen LogP contribution in [0.4, 0.5) is 24.5 Å². The first-order chi connectivity index (χ1) is 11.9. The monoisotopic (exact) mass is 389 g/mol. The highest BCUT2D eigenvalue weighted by molar-refractivity contribution is 8.39. The van der Waals surface area contributed by atoms with Crippen LogP contribution >= 0.6 is 23.5 Å². The lowest BCUT2D eigenvalue weighted by Crippen LogP contribution is -2.23. The van der Waals surface area contributed by atoms with E-state index in [0.717, 1.165) is 41.6 Å². The van der Waals surface area contributed by atoms with Gasteiger partial charge in [-0.1, -0.05) is 23.5 Å². The van der Waals surface area contributed by atoms with Gasteiger partial charge in [-0.3, -0.25) is 9.79 Å². The van der Waals surface area contributed by atoms with E-state index in [0.29, 0.717) is 24.5 Å². The molecule has 0 saturated carbocycles. The molecule has 0 aliphatic carbocycles. The molecule has 0 atom stereocenters. The third-order valence-corrected chi connectivity index (χ3v) is 6.18. The Morgan fingerprint density at radius 1 is 1.32 bits per heavy atom. The second-order valence-corrected chi connectivity index (χ2v) is 8.06. The smallest absolute Gasteiger partial charge is 0.370 e. The summed E-state index contributed by atoms with van der Waals surface area (Å²) in [5, 5.41) is 2.76. The molecule has 3 rings (SSSR count). The number of aliphatic imine (C=N–C) groups is 1. The van der Waals surface area contributed by atoms with Crippen molar-refractivity contribution in [3.63, 3.8) is 0 Å². The molecular weight excluding hydrogens is 371 g/mol. The standard InChI is InChI=1S/C16H18F3N3OS2/c17-16(18,19)11-3-4-12(13(9-11)22-6-1-2-7-22)21-14(23)10-25-15-20-5-8-24-15/h3-4,9H,1-2,5-8,10H2,(H,21,23). The van der Waals surface area contributed by atoms with Crippen molar-refractivity contribution in [2.45, 2.75) is 19.0 Å². The molecule has 1 fully saturated rings. The maximum atomic E-state index is 13.0. The highest BCUT2D eigenvalue weighted by Gasteiger charge is 2.32. The van der Waals surface area contributed by atoms with E-state index >= 15 is 0 Å². The predicted octanol–water partition coefficient (Wildman–Crippen LogP) is 4.08. The highest BCUT2D eigenvalue weighted by Crippen LogP contribution is 2.37. The van der Waals surface area contributed by atoms with E-state index in [1.807, 2.05) is 4.90 Å². The molecule has 0 unspecified atom stereocenters. The van der Waals surface area contributed by atoms with Gasteiger partial charge in [-0.05, 0) is 31.0 Å². The lowest BCUT2D eigenvalue weighted by Gasteiger charge is -2.23. The average molecular weight is 389 g/mol. The van der Waals surface area contributed by atoms with Crippen LogP contribution in [0, 0.1) is 0 Å². The number of thioether (sulfide) groups is 2. The van der Waals surface area contributed by atoms with Crippen molar-refractivity contribution in [1.82, 2.24) is 0 Å². The Balaban J connectivity index is 1.73. The molecule has 2 heterocycles. The number of nitrogens with zero attached hydrogens (tertiary/aromatic N) is 2. The van der Waals surface area contributed by atoms with Crippen LogP contribution in [0.3, 0.4) is 0 Å². The minimum atomic E-state index is -4.40. The van der Waals surface area contributed by atoms with Crippen molar-refractivity contribution in [2.24, 2.45) is 4.99 Å². The molecule has 2 aliphatic rings. The summed E-state index contributed by atoms with van der Waals surface area (Å²) in [6, 6.07) is 3.49. The summed E-state index contributed by atoms with van der Waals surface area (Å²) in [6.07, 6.45) is -2.52. The van der Waals surface area contributed by atoms with Gasteiger partial charge in [-0.25, -0.2) is 0 Å². The summed E-state index contributed by atoms with van der Waals surface area (Å²) in [4.78, 5) is 18.3. The van der Waals surface area contributed by atoms with E-state index in [1.165, 1.54) is 17.8 Å². The lowest BCUT2D eigenvalue weighted by molar-refractivity contribution is -0.137. The average Bonchev–Trinajstić information content (AvgIpc) is 3.26. The third-order valence-electron chi connectivity index (χ3n) is 3.93. The van der Waals surface area contributed by atoms with Gasteiger partial charge in [0, 0.05) is 18.8 Å². The van der Waals surface area contributed by atoms with Gasteiger partial charge < -0.3 is 10.2 Å². The molecule has 25 heavy (non-hydrogen) atoms. The van der Waals surface area contributed by atoms with Gasteiger partial charge in [-0.2, -0.15) is 13.2 Å². The van der Waals surface area contributed by atoms with E-state index in [1.54, 1.807) is 11.8 Å². The fourth-order valence-electron chi connectivity index (χ4n) is 2.75. The summed E-state index contributed by atoms with van der Waals surface area (Å²) >= 11 is 2.98. The topological polar surface area (TPSA) is 44.7 Å². The third kappa shape index (κ3) is 4.84. The van der Waals surface area contributed by atoms with Crippen LogP contribution in [-0.4, -0.2) is 41.4 Å². The van der Waals surface area contributed by atoms with E-state index in [-0.39, 0.29) is 11.7 Å². The lowest BCUT2D eigenvalue weighted by atomic mass is 10.1. The van der Waals surface area contributed by atoms with Crippen molar-refractivity contribution in [3.05, 3.63) is 23.8 Å². The van der Waals surface area contributed by atoms with Crippen molar-refractivity contribution in [3.8, 4) is 0 Å². The number of halogens is 3. The van der Waals surface area contributed by atoms with Crippen LogP contribution in [0.2, 0.25) is 0 Å². The van der Waals surface area contributed by atoms with Gasteiger partial charge in [0.2, 0.25) is 5.91 Å². The van der Waals surface area contributed by atoms with Crippen molar-refractivity contribution in [2.75, 3.05) is 41.4 Å². The second kappa shape index (κ2) is 7.90. The first-order valence-electron chi connectivity index (χ1n) is 7.99. The maximum Gasteiger partial charge on any atom is 0.416 e. The van der Waals surface area contributed by atoms with Crippen LogP contribution in [0.5, 0.6) is 0 Å². The maximum absolute atomic E-state index is 13.0. The normalized spacial score (nSPS) is 17.7. The Morgan fingerprint density at radius 2 is 2.08 bits per heavy atom. The Kier molecular flexibility index (Phi) is 5.83. The highest BCUT2D eigenvalue weighted by atomic mass is 32.2. The molecule has 1 aromatic carbocycles. The largest absolute Gasteiger partial charge is 0.416 e. The minimum Gasteiger partial charge on any atom is -0.370 e. The SMILES string of the molecule is O=C(CSC1=NCCS1)Nc1ccc(C(F)(F)F)cc1N1CCCC1. The molecule has 0 radical (unpaired) electrons. The molecule has 9 heteroatoms. The van der Waals surface area contributed by atoms with Gasteiger partial charge in [0.1, 0.15) is 4.38 Å². The van der Waals surface area contributed by atoms with Crippen molar-refractivity contribution >= 4 is 45.2 Å². The molecule has 0 bridgehead atoms. The Hall–Kier alpha value is -1.35. The molecule has 1 aromatic rings. The van der Waals surface area contributed by atoms with Crippen molar-refractivity contribution in [1.29, 1.82) is 0 Å². The zero-order chi connectivity index (χ0) is 17.9. The van der Waals surface area contributed by atoms with E-state index in [2.05, 4.69) is 10.3 Å². The summed E-state index contributed by atoms with van der Waals surface area (Å²) in [6.45, 7) is 2.17. The molecule has 2 aliphatic heterocycles. The first kappa shape index (κ1) is 18.4. The van der Waals surface area contributed by atoms with Crippen LogP contribution < -0.4 is 10.2 Å². The molecule has 136 valence electrons. The molecular formula is C16H18F3N3OS2. The Labute approximate surface area is 152 Å². The number of anilines is 2. The summed E-state index contributed by atoms with van der Waals surface area (Å²) in [5.74, 6) is 0.897. The van der Waals surface area contributed by atoms with Crippen molar-refractivity contribution < 1.29 is 18.0 Å². The zero-order valence-corrected chi connectivity index (χ0v) is 15.1. The summed E-state index contributed by atoms with van der Waals surface area (Å²) in [5.41, 5.74) is 0.179. The second-order valence-electron chi connectivity index (χ2n) is 5.76. The van der Waals surface area contributed by atoms with Gasteiger partial charge in [0.25, 0.3) is 0 Å². The predicted molar refractivity (Wildman–Crippen MR) is 98.7 cm³/mol. The summed E-state index contributed by atoms with van der Waals surface area (Å²) < 4.78 is 39.9. The molecule has 0 spiro atoms. The number of alkyl halides is 3. The van der Waals surface area contributed by atoms with Crippen LogP contribution in [0.1, 0.15) is 18.4 Å². The fraction of sp³-hybridized carbons (Fsp3) is 0.500. The minimum absolute atomic E-state index is 0.201. The van der Waals surface area contributed by atoms with E-state index < -0.39 is 11.7 Å². The molecule has 4 nitrogen and oxygen atoms in total. The quantitative estimate of drug-likeness (QED) is 0.843. The fourth-order valence-corrected chi connectivity index (χ4v) is 4.56. The van der Waals surface area contributed by atoms with E-state index in [9.17, 15) is 18.0 Å². The Bertz CT molecular complexity index is 673. The molecule has 0 aromatic heterocycles. The van der Waals surface area contributed by atoms with Gasteiger partial charge in [0.15, 0.2) is 0 Å². The van der Waals surface area contributed by atoms with Gasteiger partial charge in [0.05, 0.1) is 29.2 Å². The molecule has 1 N–H and O–H groups in total. The number of carbonyl (C=O) groups is 1. The molecule has 1 amide bonds. The first-order valence-corrected chi connectivity index (χ1v) is 9.97. The number of carbonyl (C=O) groups excluding carboxylic acids is 1. The number of nitrogens with one attached hydrogen (secondary N) is 1. The summed E-state index contributed by atoms with van der Waals surface area (Å²) in [7, 11) is 0. The van der Waals surface area contributed by atoms with Gasteiger partial charge in [-0.15, -0.1) is 0 Å². The van der Waals surface area contributed by atoms with Gasteiger partial charge >= 0.3 is 6.18 Å². The molecule has 1 saturated heterocycles.